The van der Waals surface area contributed by atoms with E-state index in [1.807, 2.05) is 49.3 Å². The highest BCUT2D eigenvalue weighted by Gasteiger charge is 2.36. The Morgan fingerprint density at radius 3 is 1.37 bits per heavy atom. The van der Waals surface area contributed by atoms with Crippen LogP contribution in [0.5, 0.6) is 11.8 Å². The zero-order valence-electron chi connectivity index (χ0n) is 43.6. The van der Waals surface area contributed by atoms with Gasteiger partial charge in [0.05, 0.1) is 35.4 Å². The molecule has 8 aromatic rings. The molecule has 2 aromatic carbocycles. The quantitative estimate of drug-likeness (QED) is 0.126. The highest BCUT2D eigenvalue weighted by atomic mass is 16.5. The van der Waals surface area contributed by atoms with Gasteiger partial charge in [-0.1, -0.05) is 38.1 Å². The maximum absolute atomic E-state index is 9.44. The summed E-state index contributed by atoms with van der Waals surface area (Å²) in [6, 6.07) is 25.8. The van der Waals surface area contributed by atoms with Crippen molar-refractivity contribution in [3.63, 3.8) is 0 Å². The van der Waals surface area contributed by atoms with E-state index in [2.05, 4.69) is 118 Å². The minimum absolute atomic E-state index is 0.167. The molecule has 12 rings (SSSR count). The van der Waals surface area contributed by atoms with Gasteiger partial charge in [0.2, 0.25) is 11.8 Å². The van der Waals surface area contributed by atoms with Crippen molar-refractivity contribution in [2.75, 3.05) is 0 Å². The van der Waals surface area contributed by atoms with Crippen LogP contribution in [-0.2, 0) is 28.4 Å². The highest BCUT2D eigenvalue weighted by Crippen LogP contribution is 2.38. The van der Waals surface area contributed by atoms with Crippen LogP contribution in [0.15, 0.2) is 110 Å². The molecule has 4 aliphatic carbocycles. The lowest BCUT2D eigenvalue weighted by Gasteiger charge is -2.39. The van der Waals surface area contributed by atoms with E-state index in [4.69, 9.17) is 24.7 Å². The molecule has 6 aromatic heterocycles. The zero-order chi connectivity index (χ0) is 50.6. The normalized spacial score (nSPS) is 23.8. The number of pyridine rings is 4. The number of hydrogen-bond acceptors (Lipinski definition) is 10. The van der Waals surface area contributed by atoms with Gasteiger partial charge in [-0.25, -0.2) is 9.97 Å². The zero-order valence-corrected chi connectivity index (χ0v) is 43.6. The van der Waals surface area contributed by atoms with Gasteiger partial charge in [0, 0.05) is 139 Å². The van der Waals surface area contributed by atoms with Gasteiger partial charge in [0.15, 0.2) is 0 Å². The lowest BCUT2D eigenvalue weighted by Crippen LogP contribution is -2.43. The molecule has 0 atom stereocenters. The number of carbonyl (C=O) groups excluding carboxylic acids is 1. The first-order valence-electron chi connectivity index (χ1n) is 26.8. The molecule has 12 heteroatoms. The number of aromatic nitrogens is 6. The molecule has 0 unspecified atom stereocenters. The van der Waals surface area contributed by atoms with Crippen molar-refractivity contribution in [2.45, 2.75) is 154 Å². The molecule has 4 aliphatic rings. The van der Waals surface area contributed by atoms with Crippen molar-refractivity contribution in [1.82, 2.24) is 29.1 Å². The summed E-state index contributed by atoms with van der Waals surface area (Å²) in [4.78, 5) is 27.2. The highest BCUT2D eigenvalue weighted by molar-refractivity contribution is 6.09. The molecule has 0 aliphatic heterocycles. The smallest absolute Gasteiger partial charge is 0.213 e. The molecule has 382 valence electrons. The van der Waals surface area contributed by atoms with E-state index in [9.17, 15) is 4.79 Å². The average Bonchev–Trinajstić information content (AvgIpc) is 3.82. The van der Waals surface area contributed by atoms with Gasteiger partial charge in [0.1, 0.15) is 18.0 Å². The first kappa shape index (κ1) is 50.3. The standard InChI is InChI=1S/C31H37N3O2.C27H30N4O2.C3H6O/c1-20(2)14-21-4-8-24(9-5-21)35-25-16-26(17-25)36-31-11-7-23(18-33-31)22-6-10-27-28-19-32-13-12-29(28)34(3)30(27)15-22;1-31-25-10-11-29-16-24(25)23-8-2-17(12-26(23)31)18-3-9-27(30-15-18)33-22-13-21(14-22)32-20-6-4-19(28)5-7-20;1-3(2)4/h6-7,10-13,15,18-21,24-26H,4-5,8-9,14,16-17H2,1-3H3;2-3,8-12,15-16,19-22H,4-7,13-14,28H2,1H3;1-2H3. The minimum Gasteiger partial charge on any atom is -0.474 e. The third-order valence-corrected chi connectivity index (χ3v) is 15.5. The van der Waals surface area contributed by atoms with Crippen LogP contribution >= 0.6 is 0 Å². The summed E-state index contributed by atoms with van der Waals surface area (Å²) in [5.74, 6) is 3.27. The number of carbonyl (C=O) groups is 1. The number of hydrogen-bond donors (Lipinski definition) is 1. The molecular formula is C61H73N7O5. The molecule has 4 fully saturated rings. The van der Waals surface area contributed by atoms with E-state index in [1.54, 1.807) is 0 Å². The fourth-order valence-electron chi connectivity index (χ4n) is 11.4. The first-order valence-corrected chi connectivity index (χ1v) is 26.8. The van der Waals surface area contributed by atoms with Crippen LogP contribution in [0.1, 0.15) is 111 Å². The van der Waals surface area contributed by atoms with Gasteiger partial charge >= 0.3 is 0 Å². The van der Waals surface area contributed by atoms with Gasteiger partial charge in [-0.2, -0.15) is 0 Å². The fourth-order valence-corrected chi connectivity index (χ4v) is 11.4. The molecule has 6 heterocycles. The summed E-state index contributed by atoms with van der Waals surface area (Å²) in [6.07, 6.45) is 28.0. The number of ether oxygens (including phenoxy) is 4. The van der Waals surface area contributed by atoms with E-state index in [-0.39, 0.29) is 18.0 Å². The van der Waals surface area contributed by atoms with E-state index >= 15 is 0 Å². The van der Waals surface area contributed by atoms with E-state index < -0.39 is 0 Å². The summed E-state index contributed by atoms with van der Waals surface area (Å²) >= 11 is 0. The van der Waals surface area contributed by atoms with Crippen LogP contribution in [-0.4, -0.2) is 77.5 Å². The first-order chi connectivity index (χ1) is 35.4. The van der Waals surface area contributed by atoms with Crippen molar-refractivity contribution in [1.29, 1.82) is 0 Å². The Labute approximate surface area is 430 Å². The molecule has 0 bridgehead atoms. The van der Waals surface area contributed by atoms with Crippen molar-refractivity contribution in [3.8, 4) is 34.0 Å². The van der Waals surface area contributed by atoms with Crippen molar-refractivity contribution in [3.05, 3.63) is 110 Å². The largest absolute Gasteiger partial charge is 0.474 e. The number of rotatable bonds is 12. The van der Waals surface area contributed by atoms with Crippen LogP contribution in [0.2, 0.25) is 0 Å². The number of ketones is 1. The van der Waals surface area contributed by atoms with Crippen LogP contribution in [0.25, 0.3) is 65.9 Å². The lowest BCUT2D eigenvalue weighted by atomic mass is 9.82. The Kier molecular flexibility index (Phi) is 15.5. The van der Waals surface area contributed by atoms with Crippen LogP contribution in [0, 0.1) is 11.8 Å². The average molecular weight is 984 g/mol. The summed E-state index contributed by atoms with van der Waals surface area (Å²) in [5, 5.41) is 4.81. The van der Waals surface area contributed by atoms with Crippen LogP contribution < -0.4 is 15.2 Å². The Hall–Kier alpha value is -6.21. The summed E-state index contributed by atoms with van der Waals surface area (Å²) in [7, 11) is 4.21. The number of Topliss-reactive ketones (excluding diaryl/α,β-unsaturated/α-hetero) is 1. The van der Waals surface area contributed by atoms with E-state index in [1.165, 1.54) is 89.6 Å². The Morgan fingerprint density at radius 2 is 0.959 bits per heavy atom. The second-order valence-corrected chi connectivity index (χ2v) is 21.8. The Bertz CT molecular complexity index is 3120. The van der Waals surface area contributed by atoms with Crippen LogP contribution in [0.3, 0.4) is 0 Å². The number of nitrogens with zero attached hydrogens (tertiary/aromatic N) is 6. The van der Waals surface area contributed by atoms with Gasteiger partial charge in [-0.3, -0.25) is 9.97 Å². The summed E-state index contributed by atoms with van der Waals surface area (Å²) in [6.45, 7) is 7.73. The predicted molar refractivity (Wildman–Crippen MR) is 292 cm³/mol. The Morgan fingerprint density at radius 1 is 0.534 bits per heavy atom. The third-order valence-electron chi connectivity index (χ3n) is 15.5. The number of aryl methyl sites for hydroxylation is 2. The molecule has 2 N–H and O–H groups in total. The number of benzene rings is 2. The van der Waals surface area contributed by atoms with Crippen molar-refractivity contribution in [2.24, 2.45) is 31.7 Å². The number of fused-ring (bicyclic) bond motifs is 6. The van der Waals surface area contributed by atoms with Crippen molar-refractivity contribution < 1.29 is 23.7 Å². The number of nitrogens with two attached hydrogens (primary N) is 1. The molecule has 0 saturated heterocycles. The second-order valence-electron chi connectivity index (χ2n) is 21.8. The molecule has 0 radical (unpaired) electrons. The van der Waals surface area contributed by atoms with Crippen LogP contribution in [0.4, 0.5) is 0 Å². The fraction of sp³-hybridized carbons (Fsp3) is 0.459. The molecule has 0 spiro atoms. The van der Waals surface area contributed by atoms with Gasteiger partial charge in [-0.15, -0.1) is 0 Å². The predicted octanol–water partition coefficient (Wildman–Crippen LogP) is 12.9. The van der Waals surface area contributed by atoms with Gasteiger partial charge < -0.3 is 38.6 Å². The van der Waals surface area contributed by atoms with E-state index in [0.717, 1.165) is 85.5 Å². The van der Waals surface area contributed by atoms with E-state index in [0.29, 0.717) is 42.2 Å². The second kappa shape index (κ2) is 22.5. The summed E-state index contributed by atoms with van der Waals surface area (Å²) < 4.78 is 29.3. The topological polar surface area (TPSA) is 141 Å². The SMILES string of the molecule is CC(C)=O.CC(C)CC1CCC(OC2CC(Oc3ccc(-c4ccc5c6cnccc6n(C)c5c4)cn3)C2)CC1.Cn1c2ccncc2c2ccc(-c3ccc(OC4CC(OC5CCC(N)CC5)C4)nc3)cc21. The van der Waals surface area contributed by atoms with Gasteiger partial charge in [0.25, 0.3) is 0 Å². The maximum Gasteiger partial charge on any atom is 0.213 e. The molecule has 73 heavy (non-hydrogen) atoms. The third kappa shape index (κ3) is 11.9. The Balaban J connectivity index is 0.000000157. The summed E-state index contributed by atoms with van der Waals surface area (Å²) in [5.41, 5.74) is 15.2. The molecule has 0 amide bonds. The molecule has 4 saturated carbocycles. The molecule has 12 nitrogen and oxygen atoms in total. The lowest BCUT2D eigenvalue weighted by molar-refractivity contribution is -0.115. The monoisotopic (exact) mass is 984 g/mol. The van der Waals surface area contributed by atoms with Gasteiger partial charge in [-0.05, 0) is 131 Å². The molecular weight excluding hydrogens is 911 g/mol. The maximum atomic E-state index is 9.44. The minimum atomic E-state index is 0.167. The van der Waals surface area contributed by atoms with Crippen molar-refractivity contribution >= 4 is 49.4 Å².